The SMILES string of the molecule is CC/C=C(\C)C(Cc1[nH]c(C=C2N=C(CC3NC(=O)C(C)=C3CC)C(C)=C2CCC(=O)O)c(CCC(=O)O)c1C)NC=O. The van der Waals surface area contributed by atoms with Crippen LogP contribution in [-0.4, -0.2) is 57.2 Å². The van der Waals surface area contributed by atoms with E-state index in [1.807, 2.05) is 47.6 Å². The first-order chi connectivity index (χ1) is 20.4. The molecular weight excluding hydrogens is 548 g/mol. The molecule has 3 rings (SSSR count). The number of nitrogens with zero attached hydrogens (tertiary/aromatic N) is 1. The van der Waals surface area contributed by atoms with E-state index < -0.39 is 11.9 Å². The average molecular weight is 593 g/mol. The zero-order valence-corrected chi connectivity index (χ0v) is 26.0. The van der Waals surface area contributed by atoms with Crippen molar-refractivity contribution in [2.75, 3.05) is 0 Å². The number of carboxylic acid groups (broad SMARTS) is 2. The van der Waals surface area contributed by atoms with Gasteiger partial charge in [-0.25, -0.2) is 0 Å². The van der Waals surface area contributed by atoms with Gasteiger partial charge in [0.25, 0.3) is 0 Å². The lowest BCUT2D eigenvalue weighted by atomic mass is 9.94. The summed E-state index contributed by atoms with van der Waals surface area (Å²) in [5, 5.41) is 24.8. The van der Waals surface area contributed by atoms with Crippen LogP contribution in [0.2, 0.25) is 0 Å². The lowest BCUT2D eigenvalue weighted by Crippen LogP contribution is -2.31. The Hall–Kier alpha value is -4.21. The lowest BCUT2D eigenvalue weighted by Gasteiger charge is -2.17. The molecule has 3 heterocycles. The first-order valence-corrected chi connectivity index (χ1v) is 14.9. The summed E-state index contributed by atoms with van der Waals surface area (Å²) in [5.41, 5.74) is 9.33. The number of hydrogen-bond acceptors (Lipinski definition) is 5. The maximum absolute atomic E-state index is 12.4. The molecule has 0 aliphatic carbocycles. The molecule has 5 N–H and O–H groups in total. The van der Waals surface area contributed by atoms with Crippen LogP contribution in [0.1, 0.15) is 95.7 Å². The number of aliphatic carboxylic acids is 2. The number of rotatable bonds is 16. The molecule has 2 amide bonds. The highest BCUT2D eigenvalue weighted by molar-refractivity contribution is 6.07. The summed E-state index contributed by atoms with van der Waals surface area (Å²) in [7, 11) is 0. The summed E-state index contributed by atoms with van der Waals surface area (Å²) in [6.07, 6.45) is 7.68. The number of hydrogen-bond donors (Lipinski definition) is 5. The molecule has 0 radical (unpaired) electrons. The molecule has 2 unspecified atom stereocenters. The highest BCUT2D eigenvalue weighted by Crippen LogP contribution is 2.35. The highest BCUT2D eigenvalue weighted by atomic mass is 16.4. The Labute approximate surface area is 253 Å². The van der Waals surface area contributed by atoms with E-state index >= 15 is 0 Å². The van der Waals surface area contributed by atoms with E-state index in [4.69, 9.17) is 4.99 Å². The first kappa shape index (κ1) is 33.3. The van der Waals surface area contributed by atoms with Gasteiger partial charge in [-0.05, 0) is 87.3 Å². The summed E-state index contributed by atoms with van der Waals surface area (Å²) in [5.74, 6) is -1.89. The Bertz CT molecular complexity index is 1440. The second-order valence-electron chi connectivity index (χ2n) is 11.2. The number of carboxylic acids is 2. The second kappa shape index (κ2) is 14.8. The van der Waals surface area contributed by atoms with Gasteiger partial charge >= 0.3 is 11.9 Å². The fraction of sp³-hybridized carbons (Fsp3) is 0.485. The average Bonchev–Trinajstić information content (AvgIpc) is 3.50. The maximum Gasteiger partial charge on any atom is 0.303 e. The normalized spacial score (nSPS) is 18.8. The van der Waals surface area contributed by atoms with Gasteiger partial charge in [-0.1, -0.05) is 25.5 Å². The predicted molar refractivity (Wildman–Crippen MR) is 167 cm³/mol. The van der Waals surface area contributed by atoms with Crippen LogP contribution >= 0.6 is 0 Å². The van der Waals surface area contributed by atoms with Crippen molar-refractivity contribution in [2.24, 2.45) is 4.99 Å². The van der Waals surface area contributed by atoms with Crippen molar-refractivity contribution in [3.8, 4) is 0 Å². The summed E-state index contributed by atoms with van der Waals surface area (Å²) in [6.45, 7) is 11.7. The molecule has 0 aromatic carbocycles. The van der Waals surface area contributed by atoms with Crippen LogP contribution in [0.15, 0.2) is 44.6 Å². The van der Waals surface area contributed by atoms with Gasteiger partial charge in [0.2, 0.25) is 12.3 Å². The van der Waals surface area contributed by atoms with Crippen LogP contribution in [0.4, 0.5) is 0 Å². The zero-order chi connectivity index (χ0) is 31.8. The molecule has 0 fully saturated rings. The van der Waals surface area contributed by atoms with E-state index in [1.165, 1.54) is 0 Å². The molecule has 0 saturated carbocycles. The van der Waals surface area contributed by atoms with Gasteiger partial charge < -0.3 is 25.8 Å². The van der Waals surface area contributed by atoms with Crippen molar-refractivity contribution < 1.29 is 29.4 Å². The van der Waals surface area contributed by atoms with Crippen LogP contribution < -0.4 is 10.6 Å². The van der Waals surface area contributed by atoms with Crippen LogP contribution in [0.3, 0.4) is 0 Å². The summed E-state index contributed by atoms with van der Waals surface area (Å²) >= 11 is 0. The van der Waals surface area contributed by atoms with E-state index in [2.05, 4.69) is 21.7 Å². The van der Waals surface area contributed by atoms with Crippen LogP contribution in [-0.2, 0) is 32.0 Å². The Morgan fingerprint density at radius 1 is 1.07 bits per heavy atom. The predicted octanol–water partition coefficient (Wildman–Crippen LogP) is 4.95. The Morgan fingerprint density at radius 3 is 2.35 bits per heavy atom. The Balaban J connectivity index is 2.08. The van der Waals surface area contributed by atoms with Crippen molar-refractivity contribution in [1.82, 2.24) is 15.6 Å². The zero-order valence-electron chi connectivity index (χ0n) is 26.0. The van der Waals surface area contributed by atoms with E-state index in [-0.39, 0.29) is 37.3 Å². The van der Waals surface area contributed by atoms with E-state index in [1.54, 1.807) is 0 Å². The molecule has 2 aliphatic heterocycles. The van der Waals surface area contributed by atoms with Gasteiger partial charge in [0.1, 0.15) is 0 Å². The number of nitrogens with one attached hydrogen (secondary N) is 3. The molecule has 43 heavy (non-hydrogen) atoms. The number of aromatic nitrogens is 1. The number of carbonyl (C=O) groups excluding carboxylic acids is 2. The maximum atomic E-state index is 12.4. The van der Waals surface area contributed by atoms with Crippen molar-refractivity contribution in [1.29, 1.82) is 0 Å². The van der Waals surface area contributed by atoms with Crippen molar-refractivity contribution in [3.05, 3.63) is 62.2 Å². The van der Waals surface area contributed by atoms with Crippen molar-refractivity contribution in [3.63, 3.8) is 0 Å². The smallest absolute Gasteiger partial charge is 0.303 e. The fourth-order valence-electron chi connectivity index (χ4n) is 6.00. The molecule has 232 valence electrons. The molecular formula is C33H44N4O6. The quantitative estimate of drug-likeness (QED) is 0.135. The summed E-state index contributed by atoms with van der Waals surface area (Å²) < 4.78 is 0. The standard InChI is InChI=1S/C33H44N4O6/c1-7-9-18(3)25(34-17-38)14-26-19(4)23(10-12-31(39)40)29(35-26)16-30-24(11-13-32(41)42)20(5)27(36-30)15-28-22(8-2)21(6)33(43)37-28/h9,16-17,25,28,35H,7-8,10-15H2,1-6H3,(H,34,38)(H,37,43)(H,39,40)(H,41,42)/b18-9+,30-16?. The molecule has 10 heteroatoms. The minimum atomic E-state index is -0.910. The summed E-state index contributed by atoms with van der Waals surface area (Å²) in [4.78, 5) is 55.2. The van der Waals surface area contributed by atoms with Gasteiger partial charge in [-0.2, -0.15) is 0 Å². The van der Waals surface area contributed by atoms with Crippen molar-refractivity contribution >= 4 is 36.0 Å². The fourth-order valence-corrected chi connectivity index (χ4v) is 6.00. The topological polar surface area (TPSA) is 161 Å². The van der Waals surface area contributed by atoms with Gasteiger partial charge in [0.15, 0.2) is 0 Å². The number of amides is 2. The third-order valence-electron chi connectivity index (χ3n) is 8.50. The van der Waals surface area contributed by atoms with E-state index in [0.29, 0.717) is 31.4 Å². The van der Waals surface area contributed by atoms with Gasteiger partial charge in [-0.15, -0.1) is 0 Å². The number of allylic oxidation sites excluding steroid dienone is 3. The minimum absolute atomic E-state index is 0.0544. The van der Waals surface area contributed by atoms with Gasteiger partial charge in [0.05, 0.1) is 17.8 Å². The molecule has 2 aliphatic rings. The van der Waals surface area contributed by atoms with Crippen LogP contribution in [0, 0.1) is 6.92 Å². The molecule has 1 aromatic rings. The third kappa shape index (κ3) is 8.00. The third-order valence-corrected chi connectivity index (χ3v) is 8.50. The van der Waals surface area contributed by atoms with Crippen LogP contribution in [0.5, 0.6) is 0 Å². The van der Waals surface area contributed by atoms with Gasteiger partial charge in [0, 0.05) is 48.4 Å². The summed E-state index contributed by atoms with van der Waals surface area (Å²) in [6, 6.07) is -0.392. The molecule has 1 aromatic heterocycles. The number of carbonyl (C=O) groups is 4. The number of H-pyrrole nitrogens is 1. The monoisotopic (exact) mass is 592 g/mol. The van der Waals surface area contributed by atoms with Crippen molar-refractivity contribution in [2.45, 2.75) is 105 Å². The number of aromatic amines is 1. The Morgan fingerprint density at radius 2 is 1.74 bits per heavy atom. The number of aliphatic imine (C=N–C) groups is 1. The van der Waals surface area contributed by atoms with Gasteiger partial charge in [-0.3, -0.25) is 24.2 Å². The minimum Gasteiger partial charge on any atom is -0.481 e. The first-order valence-electron chi connectivity index (χ1n) is 14.9. The molecule has 10 nitrogen and oxygen atoms in total. The second-order valence-corrected chi connectivity index (χ2v) is 11.2. The molecule has 0 bridgehead atoms. The molecule has 0 saturated heterocycles. The highest BCUT2D eigenvalue weighted by Gasteiger charge is 2.31. The van der Waals surface area contributed by atoms with Crippen LogP contribution in [0.25, 0.3) is 6.08 Å². The largest absolute Gasteiger partial charge is 0.481 e. The molecule has 0 spiro atoms. The van der Waals surface area contributed by atoms with E-state index in [0.717, 1.165) is 68.9 Å². The molecule has 2 atom stereocenters. The van der Waals surface area contributed by atoms with E-state index in [9.17, 15) is 29.4 Å². The lowest BCUT2D eigenvalue weighted by molar-refractivity contribution is -0.138. The Kier molecular flexibility index (Phi) is 11.5.